The summed E-state index contributed by atoms with van der Waals surface area (Å²) in [5.74, 6) is 0.282. The van der Waals surface area contributed by atoms with Crippen LogP contribution in [0.15, 0.2) is 35.3 Å². The van der Waals surface area contributed by atoms with Gasteiger partial charge in [0.15, 0.2) is 5.65 Å². The van der Waals surface area contributed by atoms with Crippen LogP contribution < -0.4 is 15.6 Å². The van der Waals surface area contributed by atoms with Crippen molar-refractivity contribution in [3.8, 4) is 0 Å². The molecule has 2 aromatic heterocycles. The van der Waals surface area contributed by atoms with Crippen LogP contribution >= 0.6 is 0 Å². The second-order valence-electron chi connectivity index (χ2n) is 7.51. The van der Waals surface area contributed by atoms with Crippen LogP contribution in [0.25, 0.3) is 11.0 Å². The molecule has 150 valence electrons. The normalized spacial score (nSPS) is 12.4. The third-order valence-electron chi connectivity index (χ3n) is 4.22. The molecule has 1 aromatic carbocycles. The highest BCUT2D eigenvalue weighted by molar-refractivity contribution is 7.88. The lowest BCUT2D eigenvalue weighted by molar-refractivity contribution is 0.366. The maximum absolute atomic E-state index is 12.3. The van der Waals surface area contributed by atoms with Crippen molar-refractivity contribution in [3.63, 3.8) is 0 Å². The minimum atomic E-state index is -3.30. The minimum absolute atomic E-state index is 0.0699. The molecule has 0 amide bonds. The summed E-state index contributed by atoms with van der Waals surface area (Å²) in [6.07, 6.45) is 1.52. The van der Waals surface area contributed by atoms with Crippen molar-refractivity contribution in [2.45, 2.75) is 38.6 Å². The van der Waals surface area contributed by atoms with Gasteiger partial charge in [0.25, 0.3) is 5.56 Å². The Morgan fingerprint density at radius 1 is 1.14 bits per heavy atom. The lowest BCUT2D eigenvalue weighted by Crippen LogP contribution is -2.24. The monoisotopic (exact) mass is 404 g/mol. The predicted octanol–water partition coefficient (Wildman–Crippen LogP) is 1.54. The smallest absolute Gasteiger partial charge is 0.263 e. The standard InChI is InChI=1S/C18H24N6O3S/c1-18(2,3)24-15-14(10-21-24)16(25)23-17(22-15)20-9-12-5-7-13(8-6-12)11-28(26,27)19-4/h5-8,10,19H,9,11H2,1-4H3,(H2,20,22,23,25). The average molecular weight is 404 g/mol. The summed E-state index contributed by atoms with van der Waals surface area (Å²) < 4.78 is 27.2. The Kier molecular flexibility index (Phi) is 5.26. The molecule has 2 heterocycles. The topological polar surface area (TPSA) is 122 Å². The average Bonchev–Trinajstić information content (AvgIpc) is 3.06. The van der Waals surface area contributed by atoms with Gasteiger partial charge in [-0.1, -0.05) is 24.3 Å². The van der Waals surface area contributed by atoms with Gasteiger partial charge in [0, 0.05) is 6.54 Å². The summed E-state index contributed by atoms with van der Waals surface area (Å²) in [5.41, 5.74) is 1.59. The summed E-state index contributed by atoms with van der Waals surface area (Å²) in [5, 5.41) is 7.83. The van der Waals surface area contributed by atoms with Gasteiger partial charge >= 0.3 is 0 Å². The Hall–Kier alpha value is -2.72. The largest absolute Gasteiger partial charge is 0.352 e. The minimum Gasteiger partial charge on any atom is -0.352 e. The van der Waals surface area contributed by atoms with E-state index in [1.165, 1.54) is 13.2 Å². The zero-order valence-electron chi connectivity index (χ0n) is 16.3. The van der Waals surface area contributed by atoms with Gasteiger partial charge in [-0.3, -0.25) is 9.78 Å². The molecule has 0 aliphatic carbocycles. The second kappa shape index (κ2) is 7.36. The maximum atomic E-state index is 12.3. The molecule has 0 saturated carbocycles. The molecule has 3 aromatic rings. The SMILES string of the molecule is CNS(=O)(=O)Cc1ccc(CNc2nc3c(cnn3C(C)(C)C)c(=O)[nH]2)cc1. The number of H-pyrrole nitrogens is 1. The van der Waals surface area contributed by atoms with Crippen molar-refractivity contribution in [2.75, 3.05) is 12.4 Å². The highest BCUT2D eigenvalue weighted by Crippen LogP contribution is 2.19. The zero-order chi connectivity index (χ0) is 20.5. The first-order valence-electron chi connectivity index (χ1n) is 8.80. The fourth-order valence-electron chi connectivity index (χ4n) is 2.72. The number of benzene rings is 1. The Labute approximate surface area is 163 Å². The van der Waals surface area contributed by atoms with Gasteiger partial charge in [0.2, 0.25) is 16.0 Å². The van der Waals surface area contributed by atoms with Gasteiger partial charge in [-0.2, -0.15) is 10.1 Å². The van der Waals surface area contributed by atoms with Crippen LogP contribution in [0.3, 0.4) is 0 Å². The second-order valence-corrected chi connectivity index (χ2v) is 9.44. The molecule has 0 saturated heterocycles. The lowest BCUT2D eigenvalue weighted by atomic mass is 10.1. The number of hydrogen-bond acceptors (Lipinski definition) is 6. The number of nitrogens with one attached hydrogen (secondary N) is 3. The number of anilines is 1. The van der Waals surface area contributed by atoms with Crippen molar-refractivity contribution in [1.82, 2.24) is 24.5 Å². The molecule has 0 bridgehead atoms. The molecule has 0 atom stereocenters. The van der Waals surface area contributed by atoms with E-state index in [0.717, 1.165) is 5.56 Å². The number of aromatic amines is 1. The fourth-order valence-corrected chi connectivity index (χ4v) is 3.50. The first-order chi connectivity index (χ1) is 13.1. The van der Waals surface area contributed by atoms with Gasteiger partial charge in [0.1, 0.15) is 5.39 Å². The van der Waals surface area contributed by atoms with E-state index in [2.05, 4.69) is 25.1 Å². The van der Waals surface area contributed by atoms with E-state index in [9.17, 15) is 13.2 Å². The molecule has 0 fully saturated rings. The summed E-state index contributed by atoms with van der Waals surface area (Å²) in [7, 11) is -1.91. The summed E-state index contributed by atoms with van der Waals surface area (Å²) >= 11 is 0. The Balaban J connectivity index is 1.77. The van der Waals surface area contributed by atoms with Crippen LogP contribution in [0.2, 0.25) is 0 Å². The van der Waals surface area contributed by atoms with E-state index in [4.69, 9.17) is 0 Å². The molecule has 10 heteroatoms. The van der Waals surface area contributed by atoms with Crippen LogP contribution in [-0.2, 0) is 27.9 Å². The highest BCUT2D eigenvalue weighted by atomic mass is 32.2. The number of nitrogens with zero attached hydrogens (tertiary/aromatic N) is 3. The molecule has 3 rings (SSSR count). The van der Waals surface area contributed by atoms with E-state index in [1.807, 2.05) is 32.9 Å². The van der Waals surface area contributed by atoms with Gasteiger partial charge in [-0.15, -0.1) is 0 Å². The summed E-state index contributed by atoms with van der Waals surface area (Å²) in [4.78, 5) is 19.5. The zero-order valence-corrected chi connectivity index (χ0v) is 17.1. The first-order valence-corrected chi connectivity index (χ1v) is 10.5. The molecular weight excluding hydrogens is 380 g/mol. The van der Waals surface area contributed by atoms with Crippen molar-refractivity contribution in [2.24, 2.45) is 0 Å². The van der Waals surface area contributed by atoms with Crippen LogP contribution in [0.4, 0.5) is 5.95 Å². The third-order valence-corrected chi connectivity index (χ3v) is 5.56. The number of aromatic nitrogens is 4. The number of sulfonamides is 1. The van der Waals surface area contributed by atoms with Crippen LogP contribution in [0, 0.1) is 0 Å². The Morgan fingerprint density at radius 2 is 1.79 bits per heavy atom. The summed E-state index contributed by atoms with van der Waals surface area (Å²) in [6.45, 7) is 6.40. The molecular formula is C18H24N6O3S. The van der Waals surface area contributed by atoms with E-state index in [0.29, 0.717) is 29.1 Å². The van der Waals surface area contributed by atoms with Crippen molar-refractivity contribution in [1.29, 1.82) is 0 Å². The van der Waals surface area contributed by atoms with Gasteiger partial charge in [-0.25, -0.2) is 17.8 Å². The molecule has 0 aliphatic rings. The highest BCUT2D eigenvalue weighted by Gasteiger charge is 2.19. The molecule has 0 radical (unpaired) electrons. The number of rotatable bonds is 6. The van der Waals surface area contributed by atoms with E-state index >= 15 is 0 Å². The third kappa shape index (κ3) is 4.39. The number of fused-ring (bicyclic) bond motifs is 1. The number of hydrogen-bond donors (Lipinski definition) is 3. The van der Waals surface area contributed by atoms with E-state index in [1.54, 1.807) is 16.8 Å². The van der Waals surface area contributed by atoms with Crippen molar-refractivity contribution in [3.05, 3.63) is 51.9 Å². The molecule has 9 nitrogen and oxygen atoms in total. The van der Waals surface area contributed by atoms with Gasteiger partial charge in [0.05, 0.1) is 17.5 Å². The maximum Gasteiger partial charge on any atom is 0.263 e. The lowest BCUT2D eigenvalue weighted by Gasteiger charge is -2.19. The van der Waals surface area contributed by atoms with Crippen LogP contribution in [-0.4, -0.2) is 35.2 Å². The van der Waals surface area contributed by atoms with E-state index < -0.39 is 10.0 Å². The molecule has 28 heavy (non-hydrogen) atoms. The van der Waals surface area contributed by atoms with Crippen molar-refractivity contribution >= 4 is 27.0 Å². The van der Waals surface area contributed by atoms with E-state index in [-0.39, 0.29) is 16.9 Å². The van der Waals surface area contributed by atoms with Crippen molar-refractivity contribution < 1.29 is 8.42 Å². The quantitative estimate of drug-likeness (QED) is 0.573. The first kappa shape index (κ1) is 20.0. The van der Waals surface area contributed by atoms with Gasteiger partial charge < -0.3 is 5.32 Å². The van der Waals surface area contributed by atoms with Gasteiger partial charge in [-0.05, 0) is 38.9 Å². The fraction of sp³-hybridized carbons (Fsp3) is 0.389. The molecule has 0 aliphatic heterocycles. The predicted molar refractivity (Wildman–Crippen MR) is 109 cm³/mol. The molecule has 3 N–H and O–H groups in total. The Morgan fingerprint density at radius 3 is 2.39 bits per heavy atom. The molecule has 0 unspecified atom stereocenters. The van der Waals surface area contributed by atoms with Crippen LogP contribution in [0.5, 0.6) is 0 Å². The van der Waals surface area contributed by atoms with Crippen LogP contribution in [0.1, 0.15) is 31.9 Å². The molecule has 0 spiro atoms. The Bertz CT molecular complexity index is 1140. The summed E-state index contributed by atoms with van der Waals surface area (Å²) in [6, 6.07) is 7.20.